The molecule has 0 atom stereocenters. The van der Waals surface area contributed by atoms with E-state index in [0.29, 0.717) is 24.4 Å². The van der Waals surface area contributed by atoms with E-state index in [9.17, 15) is 0 Å². The highest BCUT2D eigenvalue weighted by Crippen LogP contribution is 2.23. The lowest BCUT2D eigenvalue weighted by atomic mass is 10.3. The molecule has 0 aromatic carbocycles. The highest BCUT2D eigenvalue weighted by Gasteiger charge is 2.18. The van der Waals surface area contributed by atoms with Crippen LogP contribution in [0.25, 0.3) is 11.2 Å². The minimum Gasteiger partial charge on any atom is -0.378 e. The summed E-state index contributed by atoms with van der Waals surface area (Å²) in [6.45, 7) is 2.92. The number of morpholine rings is 1. The summed E-state index contributed by atoms with van der Waals surface area (Å²) >= 11 is 2.12. The number of nitrogens with zero attached hydrogens (tertiary/aromatic N) is 5. The molecule has 1 aliphatic heterocycles. The van der Waals surface area contributed by atoms with Gasteiger partial charge in [0.25, 0.3) is 0 Å². The largest absolute Gasteiger partial charge is 0.378 e. The Balaban J connectivity index is 2.16. The number of nitrogens with two attached hydrogens (primary N) is 1. The Morgan fingerprint density at radius 3 is 2.78 bits per heavy atom. The van der Waals surface area contributed by atoms with E-state index in [1.807, 2.05) is 0 Å². The second-order valence-electron chi connectivity index (χ2n) is 3.87. The number of anilines is 2. The molecule has 0 saturated carbocycles. The van der Waals surface area contributed by atoms with Crippen LogP contribution in [0, 0.1) is 3.70 Å². The van der Waals surface area contributed by atoms with E-state index >= 15 is 0 Å². The summed E-state index contributed by atoms with van der Waals surface area (Å²) < 4.78 is 6.14. The van der Waals surface area contributed by atoms with Crippen LogP contribution in [0.5, 0.6) is 0 Å². The number of halogens is 1. The minimum absolute atomic E-state index is 0.222. The summed E-state index contributed by atoms with van der Waals surface area (Å²) in [5.74, 6) is 0.964. The van der Waals surface area contributed by atoms with Gasteiger partial charge in [-0.1, -0.05) is 0 Å². The van der Waals surface area contributed by atoms with Crippen LogP contribution in [0.4, 0.5) is 11.8 Å². The van der Waals surface area contributed by atoms with Gasteiger partial charge in [0.05, 0.1) is 19.4 Å². The normalized spacial score (nSPS) is 16.2. The molecule has 0 unspecified atom stereocenters. The van der Waals surface area contributed by atoms with Crippen molar-refractivity contribution in [1.82, 2.24) is 19.9 Å². The fourth-order valence-corrected chi connectivity index (χ4v) is 2.26. The maximum absolute atomic E-state index is 5.72. The number of hydrogen-bond acceptors (Lipinski definition) is 7. The lowest BCUT2D eigenvalue weighted by Gasteiger charge is -2.28. The molecule has 0 spiro atoms. The van der Waals surface area contributed by atoms with Crippen LogP contribution < -0.4 is 10.6 Å². The molecular weight excluding hydrogens is 347 g/mol. The lowest BCUT2D eigenvalue weighted by Crippen LogP contribution is -2.37. The number of rotatable bonds is 1. The zero-order chi connectivity index (χ0) is 12.5. The molecule has 0 radical (unpaired) electrons. The number of aromatic nitrogens is 4. The summed E-state index contributed by atoms with van der Waals surface area (Å²) in [6.07, 6.45) is 1.67. The molecule has 2 aromatic rings. The quantitative estimate of drug-likeness (QED) is 0.740. The van der Waals surface area contributed by atoms with Crippen LogP contribution in [-0.2, 0) is 4.74 Å². The van der Waals surface area contributed by atoms with Crippen LogP contribution >= 0.6 is 22.6 Å². The highest BCUT2D eigenvalue weighted by molar-refractivity contribution is 14.1. The highest BCUT2D eigenvalue weighted by atomic mass is 127. The predicted octanol–water partition coefficient (Wildman–Crippen LogP) is 0.443. The average Bonchev–Trinajstić information content (AvgIpc) is 2.39. The van der Waals surface area contributed by atoms with Gasteiger partial charge in [-0.25, -0.2) is 9.97 Å². The molecule has 0 aliphatic carbocycles. The molecule has 1 fully saturated rings. The van der Waals surface area contributed by atoms with E-state index in [0.717, 1.165) is 22.6 Å². The first-order chi connectivity index (χ1) is 8.74. The van der Waals surface area contributed by atoms with E-state index in [-0.39, 0.29) is 5.95 Å². The Morgan fingerprint density at radius 2 is 2.00 bits per heavy atom. The molecule has 94 valence electrons. The molecule has 7 nitrogen and oxygen atoms in total. The molecule has 0 bridgehead atoms. The van der Waals surface area contributed by atoms with Crippen LogP contribution in [0.15, 0.2) is 6.20 Å². The molecule has 0 amide bonds. The molecule has 3 rings (SSSR count). The summed E-state index contributed by atoms with van der Waals surface area (Å²) in [7, 11) is 0. The van der Waals surface area contributed by atoms with E-state index in [1.165, 1.54) is 0 Å². The topological polar surface area (TPSA) is 90.0 Å². The zero-order valence-electron chi connectivity index (χ0n) is 9.51. The summed E-state index contributed by atoms with van der Waals surface area (Å²) in [5.41, 5.74) is 6.94. The van der Waals surface area contributed by atoms with Crippen molar-refractivity contribution in [2.45, 2.75) is 0 Å². The predicted molar refractivity (Wildman–Crippen MR) is 75.3 cm³/mol. The van der Waals surface area contributed by atoms with E-state index in [4.69, 9.17) is 10.5 Å². The Morgan fingerprint density at radius 1 is 1.22 bits per heavy atom. The van der Waals surface area contributed by atoms with Crippen molar-refractivity contribution >= 4 is 45.5 Å². The number of fused-ring (bicyclic) bond motifs is 1. The summed E-state index contributed by atoms with van der Waals surface area (Å²) in [6, 6.07) is 0. The Labute approximate surface area is 117 Å². The van der Waals surface area contributed by atoms with Crippen molar-refractivity contribution in [3.63, 3.8) is 0 Å². The maximum atomic E-state index is 5.72. The van der Waals surface area contributed by atoms with Gasteiger partial charge in [0, 0.05) is 13.1 Å². The van der Waals surface area contributed by atoms with Gasteiger partial charge in [-0.2, -0.15) is 9.97 Å². The molecule has 1 aliphatic rings. The summed E-state index contributed by atoms with van der Waals surface area (Å²) in [5, 5.41) is 0. The van der Waals surface area contributed by atoms with Crippen LogP contribution in [0.2, 0.25) is 0 Å². The molecule has 2 aromatic heterocycles. The Kier molecular flexibility index (Phi) is 3.12. The van der Waals surface area contributed by atoms with Crippen molar-refractivity contribution in [3.05, 3.63) is 9.90 Å². The first-order valence-electron chi connectivity index (χ1n) is 5.52. The van der Waals surface area contributed by atoms with Crippen molar-refractivity contribution in [2.24, 2.45) is 0 Å². The van der Waals surface area contributed by atoms with Gasteiger partial charge >= 0.3 is 0 Å². The van der Waals surface area contributed by atoms with Crippen molar-refractivity contribution in [1.29, 1.82) is 0 Å². The van der Waals surface area contributed by atoms with Gasteiger partial charge in [0.15, 0.2) is 17.0 Å². The fraction of sp³-hybridized carbons (Fsp3) is 0.400. The average molecular weight is 358 g/mol. The van der Waals surface area contributed by atoms with Crippen LogP contribution in [0.1, 0.15) is 0 Å². The SMILES string of the molecule is Nc1nc(N2CCOCC2)c2nc(I)cnc2n1. The number of nitrogen functional groups attached to an aromatic ring is 1. The second kappa shape index (κ2) is 4.76. The van der Waals surface area contributed by atoms with Crippen molar-refractivity contribution < 1.29 is 4.74 Å². The monoisotopic (exact) mass is 358 g/mol. The van der Waals surface area contributed by atoms with E-state index < -0.39 is 0 Å². The first kappa shape index (κ1) is 11.8. The van der Waals surface area contributed by atoms with Crippen LogP contribution in [0.3, 0.4) is 0 Å². The van der Waals surface area contributed by atoms with Crippen LogP contribution in [-0.4, -0.2) is 46.2 Å². The zero-order valence-corrected chi connectivity index (χ0v) is 11.7. The van der Waals surface area contributed by atoms with Gasteiger partial charge in [0.2, 0.25) is 5.95 Å². The Bertz CT molecular complexity index is 586. The third-order valence-corrected chi connectivity index (χ3v) is 3.21. The van der Waals surface area contributed by atoms with Gasteiger partial charge in [0.1, 0.15) is 3.70 Å². The minimum atomic E-state index is 0.222. The third-order valence-electron chi connectivity index (χ3n) is 2.69. The van der Waals surface area contributed by atoms with Gasteiger partial charge < -0.3 is 15.4 Å². The Hall–Kier alpha value is -1.29. The van der Waals surface area contributed by atoms with Gasteiger partial charge in [-0.15, -0.1) is 0 Å². The van der Waals surface area contributed by atoms with Crippen molar-refractivity contribution in [2.75, 3.05) is 36.9 Å². The fourth-order valence-electron chi connectivity index (χ4n) is 1.88. The smallest absolute Gasteiger partial charge is 0.224 e. The third kappa shape index (κ3) is 2.17. The number of hydrogen-bond donors (Lipinski definition) is 1. The van der Waals surface area contributed by atoms with Crippen molar-refractivity contribution in [3.8, 4) is 0 Å². The molecular formula is C10H11IN6O. The van der Waals surface area contributed by atoms with E-state index in [2.05, 4.69) is 47.4 Å². The first-order valence-corrected chi connectivity index (χ1v) is 6.60. The molecule has 3 heterocycles. The number of ether oxygens (including phenoxy) is 1. The molecule has 18 heavy (non-hydrogen) atoms. The van der Waals surface area contributed by atoms with E-state index in [1.54, 1.807) is 6.20 Å². The lowest BCUT2D eigenvalue weighted by molar-refractivity contribution is 0.122. The molecule has 1 saturated heterocycles. The van der Waals surface area contributed by atoms with Gasteiger partial charge in [-0.3, -0.25) is 0 Å². The second-order valence-corrected chi connectivity index (χ2v) is 4.98. The summed E-state index contributed by atoms with van der Waals surface area (Å²) in [4.78, 5) is 19.2. The molecule has 2 N–H and O–H groups in total. The maximum Gasteiger partial charge on any atom is 0.224 e. The standard InChI is InChI=1S/C10H11IN6O/c11-6-5-13-8-7(14-6)9(16-10(12)15-8)17-1-3-18-4-2-17/h5H,1-4H2,(H2,12,13,15,16). The molecule has 8 heteroatoms. The van der Waals surface area contributed by atoms with Gasteiger partial charge in [-0.05, 0) is 22.6 Å².